The van der Waals surface area contributed by atoms with Gasteiger partial charge in [-0.15, -0.1) is 0 Å². The van der Waals surface area contributed by atoms with Gasteiger partial charge in [-0.3, -0.25) is 9.59 Å². The van der Waals surface area contributed by atoms with E-state index in [0.29, 0.717) is 0 Å². The molecular weight excluding hydrogens is 285 g/mol. The molecule has 0 radical (unpaired) electrons. The minimum atomic E-state index is -4.49. The van der Waals surface area contributed by atoms with Crippen LogP contribution in [0.4, 0.5) is 13.2 Å². The molecule has 1 aromatic rings. The number of halogens is 4. The number of carbonyl (C=O) groups excluding carboxylic acids is 2. The van der Waals surface area contributed by atoms with Crippen molar-refractivity contribution in [2.75, 3.05) is 7.05 Å². The second-order valence-corrected chi connectivity index (χ2v) is 4.24. The quantitative estimate of drug-likeness (QED) is 0.845. The molecule has 2 amide bonds. The molecule has 0 heterocycles. The maximum atomic E-state index is 12.4. The van der Waals surface area contributed by atoms with Crippen LogP contribution in [0.2, 0.25) is 5.02 Å². The first-order valence-corrected chi connectivity index (χ1v) is 5.41. The third kappa shape index (κ3) is 3.85. The largest absolute Gasteiger partial charge is 0.416 e. The van der Waals surface area contributed by atoms with E-state index >= 15 is 0 Å². The fraction of sp³-hybridized carbons (Fsp3) is 0.273. The highest BCUT2D eigenvalue weighted by Crippen LogP contribution is 2.32. The average Bonchev–Trinajstić information content (AvgIpc) is 2.29. The summed E-state index contributed by atoms with van der Waals surface area (Å²) < 4.78 is 37.2. The molecule has 0 bridgehead atoms. The van der Waals surface area contributed by atoms with Crippen molar-refractivity contribution in [1.82, 2.24) is 4.90 Å². The predicted octanol–water partition coefficient (Wildman–Crippen LogP) is 1.80. The summed E-state index contributed by atoms with van der Waals surface area (Å²) in [6.07, 6.45) is -4.49. The van der Waals surface area contributed by atoms with Crippen molar-refractivity contribution in [1.29, 1.82) is 0 Å². The van der Waals surface area contributed by atoms with Gasteiger partial charge >= 0.3 is 18.0 Å². The number of primary amides is 1. The fourth-order valence-corrected chi connectivity index (χ4v) is 1.61. The number of benzene rings is 1. The highest BCUT2D eigenvalue weighted by atomic mass is 35.5. The van der Waals surface area contributed by atoms with Crippen molar-refractivity contribution >= 4 is 23.4 Å². The van der Waals surface area contributed by atoms with Crippen LogP contribution in [0.15, 0.2) is 18.2 Å². The van der Waals surface area contributed by atoms with Crippen LogP contribution in [0.25, 0.3) is 0 Å². The zero-order valence-corrected chi connectivity index (χ0v) is 10.5. The lowest BCUT2D eigenvalue weighted by atomic mass is 10.1. The summed E-state index contributed by atoms with van der Waals surface area (Å²) in [6, 6.07) is 2.76. The zero-order chi connectivity index (χ0) is 14.8. The van der Waals surface area contributed by atoms with Crippen molar-refractivity contribution in [2.45, 2.75) is 12.7 Å². The number of hydrogen-bond acceptors (Lipinski definition) is 2. The molecule has 2 N–H and O–H groups in total. The lowest BCUT2D eigenvalue weighted by molar-refractivity contribution is -0.143. The van der Waals surface area contributed by atoms with Gasteiger partial charge in [0.2, 0.25) is 0 Å². The van der Waals surface area contributed by atoms with E-state index in [1.165, 1.54) is 7.05 Å². The van der Waals surface area contributed by atoms with E-state index in [0.717, 1.165) is 23.1 Å². The first-order chi connectivity index (χ1) is 8.62. The summed E-state index contributed by atoms with van der Waals surface area (Å²) in [7, 11) is 1.29. The van der Waals surface area contributed by atoms with Crippen LogP contribution < -0.4 is 5.73 Å². The van der Waals surface area contributed by atoms with Gasteiger partial charge in [0.15, 0.2) is 0 Å². The number of rotatable bonds is 2. The Morgan fingerprint density at radius 3 is 2.37 bits per heavy atom. The maximum absolute atomic E-state index is 12.4. The number of carbonyl (C=O) groups is 2. The van der Waals surface area contributed by atoms with Crippen molar-refractivity contribution in [3.05, 3.63) is 34.3 Å². The molecule has 0 aromatic heterocycles. The Kier molecular flexibility index (Phi) is 4.41. The summed E-state index contributed by atoms with van der Waals surface area (Å²) in [5, 5.41) is -0.140. The third-order valence-corrected chi connectivity index (χ3v) is 2.70. The second kappa shape index (κ2) is 5.48. The SMILES string of the molecule is CN(Cc1ccc(C(F)(F)F)cc1Cl)C(=O)C(N)=O. The van der Waals surface area contributed by atoms with Crippen LogP contribution in [0.3, 0.4) is 0 Å². The number of nitrogens with two attached hydrogens (primary N) is 1. The lowest BCUT2D eigenvalue weighted by Gasteiger charge is -2.17. The lowest BCUT2D eigenvalue weighted by Crippen LogP contribution is -2.37. The molecule has 4 nitrogen and oxygen atoms in total. The Morgan fingerprint density at radius 2 is 1.95 bits per heavy atom. The smallest absolute Gasteiger partial charge is 0.361 e. The molecule has 0 saturated carbocycles. The first kappa shape index (κ1) is 15.3. The van der Waals surface area contributed by atoms with Gasteiger partial charge in [-0.05, 0) is 17.7 Å². The van der Waals surface area contributed by atoms with Gasteiger partial charge in [-0.1, -0.05) is 17.7 Å². The van der Waals surface area contributed by atoms with E-state index in [4.69, 9.17) is 17.3 Å². The van der Waals surface area contributed by atoms with Gasteiger partial charge in [0, 0.05) is 18.6 Å². The Balaban J connectivity index is 2.93. The minimum Gasteiger partial charge on any atom is -0.361 e. The average molecular weight is 295 g/mol. The third-order valence-electron chi connectivity index (χ3n) is 2.35. The van der Waals surface area contributed by atoms with Crippen LogP contribution in [0, 0.1) is 0 Å². The number of alkyl halides is 3. The maximum Gasteiger partial charge on any atom is 0.416 e. The number of amides is 2. The normalized spacial score (nSPS) is 11.2. The molecule has 0 saturated heterocycles. The van der Waals surface area contributed by atoms with Gasteiger partial charge in [0.1, 0.15) is 0 Å². The zero-order valence-electron chi connectivity index (χ0n) is 9.79. The van der Waals surface area contributed by atoms with Crippen LogP contribution in [-0.2, 0) is 22.3 Å². The Hall–Kier alpha value is -1.76. The first-order valence-electron chi connectivity index (χ1n) is 5.03. The van der Waals surface area contributed by atoms with Gasteiger partial charge in [0.25, 0.3) is 0 Å². The number of likely N-dealkylation sites (N-methyl/N-ethyl adjacent to an activating group) is 1. The Labute approximate surface area is 111 Å². The van der Waals surface area contributed by atoms with Crippen LogP contribution in [-0.4, -0.2) is 23.8 Å². The van der Waals surface area contributed by atoms with Crippen molar-refractivity contribution < 1.29 is 22.8 Å². The van der Waals surface area contributed by atoms with Crippen molar-refractivity contribution in [2.24, 2.45) is 5.73 Å². The van der Waals surface area contributed by atoms with E-state index in [9.17, 15) is 22.8 Å². The highest BCUT2D eigenvalue weighted by molar-refractivity contribution is 6.34. The summed E-state index contributed by atoms with van der Waals surface area (Å²) in [6.45, 7) is -0.112. The molecule has 19 heavy (non-hydrogen) atoms. The number of hydrogen-bond donors (Lipinski definition) is 1. The summed E-state index contributed by atoms with van der Waals surface area (Å²) in [4.78, 5) is 22.8. The molecule has 0 aliphatic heterocycles. The fourth-order valence-electron chi connectivity index (χ4n) is 1.37. The van der Waals surface area contributed by atoms with Crippen LogP contribution in [0.5, 0.6) is 0 Å². The minimum absolute atomic E-state index is 0.112. The Bertz CT molecular complexity index is 517. The molecule has 1 rings (SSSR count). The molecule has 0 fully saturated rings. The Morgan fingerprint density at radius 1 is 1.37 bits per heavy atom. The van der Waals surface area contributed by atoms with Gasteiger partial charge in [-0.25, -0.2) is 0 Å². The van der Waals surface area contributed by atoms with Crippen molar-refractivity contribution in [3.8, 4) is 0 Å². The topological polar surface area (TPSA) is 63.4 Å². The molecule has 0 unspecified atom stereocenters. The second-order valence-electron chi connectivity index (χ2n) is 3.83. The molecular formula is C11H10ClF3N2O2. The van der Waals surface area contributed by atoms with Crippen LogP contribution >= 0.6 is 11.6 Å². The molecule has 104 valence electrons. The number of nitrogens with zero attached hydrogens (tertiary/aromatic N) is 1. The molecule has 0 aliphatic rings. The van der Waals surface area contributed by atoms with E-state index in [2.05, 4.69) is 0 Å². The molecule has 0 aliphatic carbocycles. The monoisotopic (exact) mass is 294 g/mol. The molecule has 8 heteroatoms. The summed E-state index contributed by atoms with van der Waals surface area (Å²) in [5.74, 6) is -2.10. The van der Waals surface area contributed by atoms with E-state index < -0.39 is 23.6 Å². The van der Waals surface area contributed by atoms with E-state index in [1.807, 2.05) is 0 Å². The highest BCUT2D eigenvalue weighted by Gasteiger charge is 2.31. The van der Waals surface area contributed by atoms with Gasteiger partial charge < -0.3 is 10.6 Å². The standard InChI is InChI=1S/C11H10ClF3N2O2/c1-17(10(19)9(16)18)5-6-2-3-7(4-8(6)12)11(13,14)15/h2-4H,5H2,1H3,(H2,16,18). The van der Waals surface area contributed by atoms with Gasteiger partial charge in [0.05, 0.1) is 5.56 Å². The van der Waals surface area contributed by atoms with Crippen LogP contribution in [0.1, 0.15) is 11.1 Å². The van der Waals surface area contributed by atoms with E-state index in [1.54, 1.807) is 0 Å². The molecule has 0 spiro atoms. The molecule has 1 aromatic carbocycles. The van der Waals surface area contributed by atoms with Crippen molar-refractivity contribution in [3.63, 3.8) is 0 Å². The summed E-state index contributed by atoms with van der Waals surface area (Å²) in [5.41, 5.74) is 4.20. The van der Waals surface area contributed by atoms with E-state index in [-0.39, 0.29) is 17.1 Å². The molecule has 0 atom stereocenters. The predicted molar refractivity (Wildman–Crippen MR) is 62.1 cm³/mol. The van der Waals surface area contributed by atoms with Gasteiger partial charge in [-0.2, -0.15) is 13.2 Å². The summed E-state index contributed by atoms with van der Waals surface area (Å²) >= 11 is 5.71.